The number of alkyl halides is 1. The van der Waals surface area contributed by atoms with Crippen LogP contribution in [0.25, 0.3) is 0 Å². The third-order valence-electron chi connectivity index (χ3n) is 3.17. The predicted molar refractivity (Wildman–Crippen MR) is 90.2 cm³/mol. The molecule has 0 saturated carbocycles. The van der Waals surface area contributed by atoms with Gasteiger partial charge in [-0.05, 0) is 60.2 Å². The molecule has 4 heteroatoms. The first-order valence-corrected chi connectivity index (χ1v) is 8.62. The second-order valence-corrected chi connectivity index (χ2v) is 6.79. The van der Waals surface area contributed by atoms with Gasteiger partial charge in [-0.25, -0.2) is 4.39 Å². The summed E-state index contributed by atoms with van der Waals surface area (Å²) in [6, 6.07) is 12.9. The van der Waals surface area contributed by atoms with Gasteiger partial charge in [0.1, 0.15) is 5.82 Å². The van der Waals surface area contributed by atoms with Crippen LogP contribution in [0.4, 0.5) is 4.39 Å². The number of hydrogen-bond donors (Lipinski definition) is 0. The smallest absolute Gasteiger partial charge is 0.126 e. The Morgan fingerprint density at radius 2 is 1.75 bits per heavy atom. The van der Waals surface area contributed by atoms with E-state index in [9.17, 15) is 4.39 Å². The van der Waals surface area contributed by atoms with Gasteiger partial charge in [0.25, 0.3) is 0 Å². The van der Waals surface area contributed by atoms with E-state index >= 15 is 0 Å². The normalized spacial score (nSPS) is 12.4. The van der Waals surface area contributed by atoms with Gasteiger partial charge in [-0.3, -0.25) is 0 Å². The molecule has 106 valence electrons. The molecule has 0 bridgehead atoms. The fourth-order valence-electron chi connectivity index (χ4n) is 2.15. The lowest BCUT2D eigenvalue weighted by atomic mass is 9.94. The highest BCUT2D eigenvalue weighted by Crippen LogP contribution is 2.22. The van der Waals surface area contributed by atoms with E-state index < -0.39 is 0 Å². The lowest BCUT2D eigenvalue weighted by Crippen LogP contribution is -2.11. The first-order chi connectivity index (χ1) is 9.58. The number of rotatable bonds is 5. The van der Waals surface area contributed by atoms with E-state index in [2.05, 4.69) is 31.9 Å². The van der Waals surface area contributed by atoms with Crippen molar-refractivity contribution in [2.24, 2.45) is 5.92 Å². The average molecular weight is 421 g/mol. The summed E-state index contributed by atoms with van der Waals surface area (Å²) in [5.74, 6) is 0.204. The molecule has 1 unspecified atom stereocenters. The third-order valence-corrected chi connectivity index (χ3v) is 4.83. The maximum absolute atomic E-state index is 13.8. The Balaban J connectivity index is 2.08. The van der Waals surface area contributed by atoms with E-state index in [1.807, 2.05) is 30.3 Å². The fraction of sp³-hybridized carbons (Fsp3) is 0.250. The third kappa shape index (κ3) is 4.57. The summed E-state index contributed by atoms with van der Waals surface area (Å²) in [6.07, 6.45) is 1.60. The highest BCUT2D eigenvalue weighted by Gasteiger charge is 2.13. The van der Waals surface area contributed by atoms with E-state index in [0.29, 0.717) is 12.3 Å². The van der Waals surface area contributed by atoms with Crippen molar-refractivity contribution in [1.82, 2.24) is 0 Å². The molecule has 2 aromatic rings. The molecule has 0 nitrogen and oxygen atoms in total. The van der Waals surface area contributed by atoms with Gasteiger partial charge in [0, 0.05) is 14.8 Å². The van der Waals surface area contributed by atoms with Crippen molar-refractivity contribution in [2.75, 3.05) is 5.33 Å². The molecular weight excluding hydrogens is 406 g/mol. The van der Waals surface area contributed by atoms with Gasteiger partial charge in [-0.15, -0.1) is 0 Å². The fourth-order valence-corrected chi connectivity index (χ4v) is 3.14. The van der Waals surface area contributed by atoms with Crippen LogP contribution in [0.15, 0.2) is 46.9 Å². The first-order valence-electron chi connectivity index (χ1n) is 6.33. The molecule has 2 aromatic carbocycles. The maximum atomic E-state index is 13.8. The van der Waals surface area contributed by atoms with Crippen molar-refractivity contribution in [2.45, 2.75) is 12.8 Å². The van der Waals surface area contributed by atoms with Crippen molar-refractivity contribution in [3.8, 4) is 0 Å². The zero-order chi connectivity index (χ0) is 14.5. The van der Waals surface area contributed by atoms with Gasteiger partial charge >= 0.3 is 0 Å². The van der Waals surface area contributed by atoms with Crippen molar-refractivity contribution in [3.63, 3.8) is 0 Å². The largest absolute Gasteiger partial charge is 0.207 e. The zero-order valence-electron chi connectivity index (χ0n) is 10.8. The van der Waals surface area contributed by atoms with Crippen LogP contribution in [0, 0.1) is 11.7 Å². The number of halogens is 4. The second-order valence-electron chi connectivity index (χ2n) is 4.79. The van der Waals surface area contributed by atoms with Crippen LogP contribution in [0.3, 0.4) is 0 Å². The molecule has 0 saturated heterocycles. The maximum Gasteiger partial charge on any atom is 0.126 e. The summed E-state index contributed by atoms with van der Waals surface area (Å²) < 4.78 is 14.7. The molecule has 20 heavy (non-hydrogen) atoms. The van der Waals surface area contributed by atoms with Crippen LogP contribution >= 0.6 is 43.5 Å². The molecule has 0 radical (unpaired) electrons. The minimum Gasteiger partial charge on any atom is -0.207 e. The highest BCUT2D eigenvalue weighted by molar-refractivity contribution is 9.10. The summed E-state index contributed by atoms with van der Waals surface area (Å²) in [5.41, 5.74) is 1.96. The average Bonchev–Trinajstić information content (AvgIpc) is 2.44. The van der Waals surface area contributed by atoms with Gasteiger partial charge in [-0.2, -0.15) is 0 Å². The Kier molecular flexibility index (Phi) is 6.06. The van der Waals surface area contributed by atoms with Crippen molar-refractivity contribution < 1.29 is 4.39 Å². The molecular formula is C16H14Br2ClF. The molecule has 0 spiro atoms. The number of hydrogen-bond acceptors (Lipinski definition) is 0. The van der Waals surface area contributed by atoms with Crippen molar-refractivity contribution in [1.29, 1.82) is 0 Å². The van der Waals surface area contributed by atoms with E-state index in [1.54, 1.807) is 6.07 Å². The molecule has 0 aliphatic rings. The molecule has 0 heterocycles. The lowest BCUT2D eigenvalue weighted by Gasteiger charge is -2.15. The summed E-state index contributed by atoms with van der Waals surface area (Å²) >= 11 is 12.8. The topological polar surface area (TPSA) is 0 Å². The van der Waals surface area contributed by atoms with Gasteiger partial charge < -0.3 is 0 Å². The van der Waals surface area contributed by atoms with Crippen molar-refractivity contribution in [3.05, 3.63) is 68.9 Å². The molecule has 0 N–H and O–H groups in total. The SMILES string of the molecule is Fc1ccc(Br)cc1CC(CBr)Cc1ccc(Cl)cc1. The summed E-state index contributed by atoms with van der Waals surface area (Å²) in [7, 11) is 0. The van der Waals surface area contributed by atoms with Crippen LogP contribution in [-0.4, -0.2) is 5.33 Å². The first kappa shape index (κ1) is 16.0. The molecule has 0 amide bonds. The van der Waals surface area contributed by atoms with E-state index in [1.165, 1.54) is 11.6 Å². The monoisotopic (exact) mass is 418 g/mol. The molecule has 0 aliphatic carbocycles. The van der Waals surface area contributed by atoms with Crippen LogP contribution in [0.1, 0.15) is 11.1 Å². The minimum atomic E-state index is -0.143. The van der Waals surface area contributed by atoms with Gasteiger partial charge in [0.05, 0.1) is 0 Å². The molecule has 0 aromatic heterocycles. The zero-order valence-corrected chi connectivity index (χ0v) is 14.7. The number of benzene rings is 2. The van der Waals surface area contributed by atoms with Crippen molar-refractivity contribution >= 4 is 43.5 Å². The highest BCUT2D eigenvalue weighted by atomic mass is 79.9. The summed E-state index contributed by atoms with van der Waals surface area (Å²) in [5, 5.41) is 1.57. The van der Waals surface area contributed by atoms with Crippen LogP contribution in [0.5, 0.6) is 0 Å². The van der Waals surface area contributed by atoms with Crippen LogP contribution in [0.2, 0.25) is 5.02 Å². The Morgan fingerprint density at radius 1 is 1.05 bits per heavy atom. The molecule has 0 fully saturated rings. The Bertz CT molecular complexity index is 569. The molecule has 1 atom stereocenters. The standard InChI is InChI=1S/C16H14Br2ClF/c17-10-12(7-11-1-4-15(19)5-2-11)8-13-9-14(18)3-6-16(13)20/h1-6,9,12H,7-8,10H2. The molecule has 2 rings (SSSR count). The molecule has 0 aliphatic heterocycles. The lowest BCUT2D eigenvalue weighted by molar-refractivity contribution is 0.550. The summed E-state index contributed by atoms with van der Waals surface area (Å²) in [6.45, 7) is 0. The van der Waals surface area contributed by atoms with Gasteiger partial charge in [-0.1, -0.05) is 55.6 Å². The van der Waals surface area contributed by atoms with Crippen LogP contribution in [-0.2, 0) is 12.8 Å². The van der Waals surface area contributed by atoms with E-state index in [0.717, 1.165) is 26.8 Å². The Labute approximate surface area is 140 Å². The quantitative estimate of drug-likeness (QED) is 0.518. The minimum absolute atomic E-state index is 0.143. The van der Waals surface area contributed by atoms with Gasteiger partial charge in [0.2, 0.25) is 0 Å². The van der Waals surface area contributed by atoms with Crippen LogP contribution < -0.4 is 0 Å². The predicted octanol–water partition coefficient (Wildman–Crippen LogP) is 6.04. The Hall–Kier alpha value is -0.380. The summed E-state index contributed by atoms with van der Waals surface area (Å²) in [4.78, 5) is 0. The van der Waals surface area contributed by atoms with E-state index in [-0.39, 0.29) is 5.82 Å². The Morgan fingerprint density at radius 3 is 2.40 bits per heavy atom. The van der Waals surface area contributed by atoms with Gasteiger partial charge in [0.15, 0.2) is 0 Å². The van der Waals surface area contributed by atoms with E-state index in [4.69, 9.17) is 11.6 Å². The second kappa shape index (κ2) is 7.58.